The SMILES string of the molecule is CC(O)c1ccc(S(=O)(=O)NC(C)c2cn[nH]c2)cc1. The molecule has 0 aliphatic rings. The summed E-state index contributed by atoms with van der Waals surface area (Å²) < 4.78 is 27.0. The van der Waals surface area contributed by atoms with E-state index in [0.29, 0.717) is 5.56 Å². The fourth-order valence-electron chi connectivity index (χ4n) is 1.79. The van der Waals surface area contributed by atoms with Crippen LogP contribution in [0.3, 0.4) is 0 Å². The lowest BCUT2D eigenvalue weighted by Gasteiger charge is -2.13. The van der Waals surface area contributed by atoms with E-state index in [1.807, 2.05) is 0 Å². The summed E-state index contributed by atoms with van der Waals surface area (Å²) in [5, 5.41) is 15.8. The average molecular weight is 295 g/mol. The molecule has 2 rings (SSSR count). The first-order chi connectivity index (χ1) is 9.40. The standard InChI is InChI=1S/C13H17N3O3S/c1-9(12-7-14-15-8-12)16-20(18,19)13-5-3-11(4-6-13)10(2)17/h3-10,16-17H,1-2H3,(H,14,15). The fourth-order valence-corrected chi connectivity index (χ4v) is 3.02. The minimum atomic E-state index is -3.60. The van der Waals surface area contributed by atoms with Crippen LogP contribution in [0.25, 0.3) is 0 Å². The molecule has 2 atom stereocenters. The third-order valence-corrected chi connectivity index (χ3v) is 4.58. The molecule has 0 saturated carbocycles. The molecule has 7 heteroatoms. The Kier molecular flexibility index (Phi) is 4.22. The highest BCUT2D eigenvalue weighted by molar-refractivity contribution is 7.89. The van der Waals surface area contributed by atoms with Crippen molar-refractivity contribution in [2.45, 2.75) is 30.9 Å². The molecule has 0 spiro atoms. The third-order valence-electron chi connectivity index (χ3n) is 3.02. The number of aromatic amines is 1. The van der Waals surface area contributed by atoms with Gasteiger partial charge in [-0.3, -0.25) is 5.10 Å². The number of hydrogen-bond acceptors (Lipinski definition) is 4. The Balaban J connectivity index is 2.18. The predicted octanol–water partition coefficient (Wildman–Crippen LogP) is 1.50. The Labute approximate surface area is 117 Å². The summed E-state index contributed by atoms with van der Waals surface area (Å²) in [5.41, 5.74) is 1.43. The number of sulfonamides is 1. The maximum absolute atomic E-state index is 12.2. The number of aliphatic hydroxyl groups excluding tert-OH is 1. The number of hydrogen-bond donors (Lipinski definition) is 3. The molecular formula is C13H17N3O3S. The topological polar surface area (TPSA) is 95.1 Å². The lowest BCUT2D eigenvalue weighted by Crippen LogP contribution is -2.26. The summed E-state index contributed by atoms with van der Waals surface area (Å²) in [6.45, 7) is 3.37. The highest BCUT2D eigenvalue weighted by atomic mass is 32.2. The summed E-state index contributed by atoms with van der Waals surface area (Å²) >= 11 is 0. The number of benzene rings is 1. The van der Waals surface area contributed by atoms with Gasteiger partial charge in [0, 0.05) is 17.8 Å². The van der Waals surface area contributed by atoms with Gasteiger partial charge in [-0.05, 0) is 31.5 Å². The maximum Gasteiger partial charge on any atom is 0.241 e. The van der Waals surface area contributed by atoms with Gasteiger partial charge in [-0.2, -0.15) is 5.10 Å². The van der Waals surface area contributed by atoms with E-state index in [4.69, 9.17) is 0 Å². The molecule has 0 amide bonds. The summed E-state index contributed by atoms with van der Waals surface area (Å²) in [6, 6.07) is 5.78. The first kappa shape index (κ1) is 14.7. The van der Waals surface area contributed by atoms with E-state index in [-0.39, 0.29) is 10.9 Å². The second-order valence-corrected chi connectivity index (χ2v) is 6.33. The van der Waals surface area contributed by atoms with Crippen LogP contribution in [0.4, 0.5) is 0 Å². The molecule has 0 fully saturated rings. The van der Waals surface area contributed by atoms with E-state index in [1.54, 1.807) is 38.4 Å². The van der Waals surface area contributed by atoms with Crippen molar-refractivity contribution in [3.8, 4) is 0 Å². The van der Waals surface area contributed by atoms with Crippen molar-refractivity contribution in [2.75, 3.05) is 0 Å². The van der Waals surface area contributed by atoms with E-state index in [2.05, 4.69) is 14.9 Å². The van der Waals surface area contributed by atoms with Crippen LogP contribution in [0, 0.1) is 0 Å². The maximum atomic E-state index is 12.2. The molecular weight excluding hydrogens is 278 g/mol. The molecule has 2 unspecified atom stereocenters. The van der Waals surface area contributed by atoms with E-state index in [1.165, 1.54) is 12.1 Å². The molecule has 0 aliphatic heterocycles. The van der Waals surface area contributed by atoms with Crippen LogP contribution in [-0.2, 0) is 10.0 Å². The van der Waals surface area contributed by atoms with Crippen molar-refractivity contribution in [1.82, 2.24) is 14.9 Å². The fraction of sp³-hybridized carbons (Fsp3) is 0.308. The van der Waals surface area contributed by atoms with Crippen molar-refractivity contribution < 1.29 is 13.5 Å². The van der Waals surface area contributed by atoms with Gasteiger partial charge in [0.1, 0.15) is 0 Å². The third kappa shape index (κ3) is 3.24. The molecule has 2 aromatic rings. The van der Waals surface area contributed by atoms with Crippen molar-refractivity contribution in [2.24, 2.45) is 0 Å². The molecule has 0 bridgehead atoms. The first-order valence-electron chi connectivity index (χ1n) is 6.19. The van der Waals surface area contributed by atoms with Crippen LogP contribution >= 0.6 is 0 Å². The van der Waals surface area contributed by atoms with Gasteiger partial charge < -0.3 is 5.11 Å². The summed E-state index contributed by atoms with van der Waals surface area (Å²) in [6.07, 6.45) is 2.59. The second kappa shape index (κ2) is 5.74. The molecule has 20 heavy (non-hydrogen) atoms. The van der Waals surface area contributed by atoms with Gasteiger partial charge in [0.05, 0.1) is 17.2 Å². The molecule has 6 nitrogen and oxygen atoms in total. The Morgan fingerprint density at radius 1 is 1.20 bits per heavy atom. The Morgan fingerprint density at radius 2 is 1.85 bits per heavy atom. The average Bonchev–Trinajstić information content (AvgIpc) is 2.92. The van der Waals surface area contributed by atoms with Gasteiger partial charge in [0.15, 0.2) is 0 Å². The largest absolute Gasteiger partial charge is 0.389 e. The van der Waals surface area contributed by atoms with Gasteiger partial charge >= 0.3 is 0 Å². The normalized spacial score (nSPS) is 14.9. The second-order valence-electron chi connectivity index (χ2n) is 4.62. The van der Waals surface area contributed by atoms with Crippen LogP contribution in [0.15, 0.2) is 41.6 Å². The highest BCUT2D eigenvalue weighted by Crippen LogP contribution is 2.18. The van der Waals surface area contributed by atoms with Crippen LogP contribution in [0.2, 0.25) is 0 Å². The van der Waals surface area contributed by atoms with Crippen LogP contribution in [-0.4, -0.2) is 23.7 Å². The minimum Gasteiger partial charge on any atom is -0.389 e. The van der Waals surface area contributed by atoms with Crippen molar-refractivity contribution in [3.63, 3.8) is 0 Å². The number of rotatable bonds is 5. The van der Waals surface area contributed by atoms with Crippen LogP contribution in [0.5, 0.6) is 0 Å². The van der Waals surface area contributed by atoms with E-state index in [9.17, 15) is 13.5 Å². The highest BCUT2D eigenvalue weighted by Gasteiger charge is 2.19. The lowest BCUT2D eigenvalue weighted by atomic mass is 10.1. The predicted molar refractivity (Wildman–Crippen MR) is 74.4 cm³/mol. The Hall–Kier alpha value is -1.70. The van der Waals surface area contributed by atoms with Crippen molar-refractivity contribution in [1.29, 1.82) is 0 Å². The number of aliphatic hydroxyl groups is 1. The van der Waals surface area contributed by atoms with Crippen LogP contribution in [0.1, 0.15) is 37.1 Å². The monoisotopic (exact) mass is 295 g/mol. The minimum absolute atomic E-state index is 0.164. The van der Waals surface area contributed by atoms with Gasteiger partial charge in [-0.1, -0.05) is 12.1 Å². The van der Waals surface area contributed by atoms with E-state index >= 15 is 0 Å². The van der Waals surface area contributed by atoms with Gasteiger partial charge in [-0.25, -0.2) is 13.1 Å². The number of H-pyrrole nitrogens is 1. The zero-order valence-corrected chi connectivity index (χ0v) is 12.1. The molecule has 108 valence electrons. The zero-order valence-electron chi connectivity index (χ0n) is 11.2. The molecule has 0 aliphatic carbocycles. The number of nitrogens with zero attached hydrogens (tertiary/aromatic N) is 1. The number of nitrogens with one attached hydrogen (secondary N) is 2. The Morgan fingerprint density at radius 3 is 2.35 bits per heavy atom. The molecule has 0 saturated heterocycles. The van der Waals surface area contributed by atoms with E-state index < -0.39 is 16.1 Å². The molecule has 1 aromatic carbocycles. The quantitative estimate of drug-likeness (QED) is 0.779. The first-order valence-corrected chi connectivity index (χ1v) is 7.67. The van der Waals surface area contributed by atoms with Gasteiger partial charge in [0.2, 0.25) is 10.0 Å². The number of aromatic nitrogens is 2. The van der Waals surface area contributed by atoms with Gasteiger partial charge in [0.25, 0.3) is 0 Å². The van der Waals surface area contributed by atoms with E-state index in [0.717, 1.165) is 5.56 Å². The van der Waals surface area contributed by atoms with Crippen molar-refractivity contribution >= 4 is 10.0 Å². The Bertz CT molecular complexity index is 649. The summed E-state index contributed by atoms with van der Waals surface area (Å²) in [5.74, 6) is 0. The van der Waals surface area contributed by atoms with Crippen LogP contribution < -0.4 is 4.72 Å². The van der Waals surface area contributed by atoms with Crippen molar-refractivity contribution in [3.05, 3.63) is 47.8 Å². The summed E-state index contributed by atoms with van der Waals surface area (Å²) in [7, 11) is -3.60. The summed E-state index contributed by atoms with van der Waals surface area (Å²) in [4.78, 5) is 0.164. The smallest absolute Gasteiger partial charge is 0.241 e. The zero-order chi connectivity index (χ0) is 14.8. The molecule has 1 aromatic heterocycles. The molecule has 0 radical (unpaired) electrons. The van der Waals surface area contributed by atoms with Gasteiger partial charge in [-0.15, -0.1) is 0 Å². The lowest BCUT2D eigenvalue weighted by molar-refractivity contribution is 0.199. The molecule has 3 N–H and O–H groups in total. The molecule has 1 heterocycles.